The van der Waals surface area contributed by atoms with Crippen molar-refractivity contribution >= 4 is 12.0 Å². The number of hydrogen-bond donors (Lipinski definition) is 0. The van der Waals surface area contributed by atoms with Crippen LogP contribution in [0.2, 0.25) is 0 Å². The second kappa shape index (κ2) is 4.16. The maximum atomic E-state index is 13.0. The van der Waals surface area contributed by atoms with Crippen LogP contribution in [0, 0.1) is 0 Å². The number of amides is 2. The van der Waals surface area contributed by atoms with Gasteiger partial charge in [0.1, 0.15) is 11.8 Å². The highest BCUT2D eigenvalue weighted by atomic mass is 19.1. The summed E-state index contributed by atoms with van der Waals surface area (Å²) in [5.74, 6) is -0.363. The lowest BCUT2D eigenvalue weighted by Crippen LogP contribution is -2.46. The third-order valence-electron chi connectivity index (χ3n) is 1.97. The molecule has 0 N–H and O–H groups in total. The topological polar surface area (TPSA) is 46.6 Å². The Hall–Kier alpha value is -1.13. The molecular weight excluding hydrogens is 201 g/mol. The van der Waals surface area contributed by atoms with E-state index in [9.17, 15) is 14.0 Å². The molecule has 4 nitrogen and oxygen atoms in total. The Labute approximate surface area is 88.4 Å². The quantitative estimate of drug-likeness (QED) is 0.622. The molecule has 1 atom stereocenters. The highest BCUT2D eigenvalue weighted by Crippen LogP contribution is 2.17. The minimum Gasteiger partial charge on any atom is -0.443 e. The Morgan fingerprint density at radius 2 is 2.13 bits per heavy atom. The maximum Gasteiger partial charge on any atom is 0.417 e. The average molecular weight is 217 g/mol. The zero-order valence-corrected chi connectivity index (χ0v) is 9.25. The van der Waals surface area contributed by atoms with E-state index in [1.54, 1.807) is 20.8 Å². The number of carbonyl (C=O) groups is 2. The predicted molar refractivity (Wildman–Crippen MR) is 52.1 cm³/mol. The Balaban J connectivity index is 2.61. The van der Waals surface area contributed by atoms with Crippen molar-refractivity contribution < 1.29 is 18.7 Å². The van der Waals surface area contributed by atoms with Crippen molar-refractivity contribution in [2.24, 2.45) is 0 Å². The first kappa shape index (κ1) is 11.9. The SMILES string of the molecule is CC(C)(C)OC(=O)N1CC(F)CCC1=O. The van der Waals surface area contributed by atoms with Gasteiger partial charge in [-0.15, -0.1) is 0 Å². The van der Waals surface area contributed by atoms with E-state index >= 15 is 0 Å². The van der Waals surface area contributed by atoms with Crippen LogP contribution in [0.4, 0.5) is 9.18 Å². The first-order chi connectivity index (χ1) is 6.79. The van der Waals surface area contributed by atoms with E-state index in [0.717, 1.165) is 4.90 Å². The predicted octanol–water partition coefficient (Wildman–Crippen LogP) is 1.88. The highest BCUT2D eigenvalue weighted by Gasteiger charge is 2.33. The second-order valence-corrected chi connectivity index (χ2v) is 4.62. The van der Waals surface area contributed by atoms with Gasteiger partial charge in [0.15, 0.2) is 0 Å². The molecule has 0 bridgehead atoms. The molecule has 0 spiro atoms. The molecule has 0 saturated carbocycles. The number of alkyl halides is 1. The summed E-state index contributed by atoms with van der Waals surface area (Å²) in [6.07, 6.45) is -1.62. The number of halogens is 1. The Bertz CT molecular complexity index is 272. The van der Waals surface area contributed by atoms with Crippen LogP contribution < -0.4 is 0 Å². The fraction of sp³-hybridized carbons (Fsp3) is 0.800. The van der Waals surface area contributed by atoms with Gasteiger partial charge in [-0.05, 0) is 27.2 Å². The maximum absolute atomic E-state index is 13.0. The molecule has 1 aliphatic rings. The van der Waals surface area contributed by atoms with E-state index < -0.39 is 17.9 Å². The number of rotatable bonds is 0. The third kappa shape index (κ3) is 3.49. The van der Waals surface area contributed by atoms with Gasteiger partial charge in [-0.1, -0.05) is 0 Å². The van der Waals surface area contributed by atoms with E-state index in [2.05, 4.69) is 0 Å². The van der Waals surface area contributed by atoms with E-state index in [-0.39, 0.29) is 25.3 Å². The summed E-state index contributed by atoms with van der Waals surface area (Å²) in [5, 5.41) is 0. The van der Waals surface area contributed by atoms with Gasteiger partial charge in [-0.2, -0.15) is 0 Å². The summed E-state index contributed by atoms with van der Waals surface area (Å²) in [5.41, 5.74) is -0.666. The van der Waals surface area contributed by atoms with Crippen LogP contribution in [0.1, 0.15) is 33.6 Å². The molecule has 0 radical (unpaired) electrons. The van der Waals surface area contributed by atoms with E-state index in [1.807, 2.05) is 0 Å². The molecule has 0 aliphatic carbocycles. The molecule has 1 fully saturated rings. The lowest BCUT2D eigenvalue weighted by Gasteiger charge is -2.29. The van der Waals surface area contributed by atoms with Crippen molar-refractivity contribution in [3.63, 3.8) is 0 Å². The number of piperidine rings is 1. The molecule has 1 aliphatic heterocycles. The first-order valence-electron chi connectivity index (χ1n) is 4.97. The Morgan fingerprint density at radius 1 is 1.53 bits per heavy atom. The van der Waals surface area contributed by atoms with Crippen molar-refractivity contribution in [3.05, 3.63) is 0 Å². The highest BCUT2D eigenvalue weighted by molar-refractivity contribution is 5.92. The summed E-state index contributed by atoms with van der Waals surface area (Å²) in [4.78, 5) is 23.7. The van der Waals surface area contributed by atoms with Crippen molar-refractivity contribution in [3.8, 4) is 0 Å². The minimum atomic E-state index is -1.13. The largest absolute Gasteiger partial charge is 0.443 e. The van der Waals surface area contributed by atoms with Crippen LogP contribution in [-0.4, -0.2) is 35.2 Å². The molecule has 86 valence electrons. The van der Waals surface area contributed by atoms with Gasteiger partial charge >= 0.3 is 6.09 Å². The molecule has 15 heavy (non-hydrogen) atoms. The van der Waals surface area contributed by atoms with Gasteiger partial charge in [0.2, 0.25) is 5.91 Å². The van der Waals surface area contributed by atoms with Crippen LogP contribution in [0.25, 0.3) is 0 Å². The summed E-state index contributed by atoms with van der Waals surface area (Å²) < 4.78 is 18.0. The molecule has 5 heteroatoms. The Morgan fingerprint density at radius 3 is 2.67 bits per heavy atom. The summed E-state index contributed by atoms with van der Waals surface area (Å²) >= 11 is 0. The summed E-state index contributed by atoms with van der Waals surface area (Å²) in [7, 11) is 0. The zero-order chi connectivity index (χ0) is 11.6. The van der Waals surface area contributed by atoms with Gasteiger partial charge < -0.3 is 4.74 Å². The molecule has 0 aromatic carbocycles. The van der Waals surface area contributed by atoms with Crippen molar-refractivity contribution in [2.75, 3.05) is 6.54 Å². The van der Waals surface area contributed by atoms with E-state index in [0.29, 0.717) is 0 Å². The molecule has 1 heterocycles. The zero-order valence-electron chi connectivity index (χ0n) is 9.25. The van der Waals surface area contributed by atoms with Crippen LogP contribution >= 0.6 is 0 Å². The van der Waals surface area contributed by atoms with Gasteiger partial charge in [-0.3, -0.25) is 4.79 Å². The minimum absolute atomic E-state index is 0.0699. The van der Waals surface area contributed by atoms with Gasteiger partial charge in [0, 0.05) is 6.42 Å². The number of nitrogens with zero attached hydrogens (tertiary/aromatic N) is 1. The number of hydrogen-bond acceptors (Lipinski definition) is 3. The number of carbonyl (C=O) groups excluding carboxylic acids is 2. The summed E-state index contributed by atoms with van der Waals surface area (Å²) in [6.45, 7) is 4.92. The Kier molecular flexibility index (Phi) is 3.31. The van der Waals surface area contributed by atoms with Crippen molar-refractivity contribution in [1.29, 1.82) is 0 Å². The molecule has 2 amide bonds. The van der Waals surface area contributed by atoms with E-state index in [1.165, 1.54) is 0 Å². The molecule has 1 saturated heterocycles. The lowest BCUT2D eigenvalue weighted by atomic mass is 10.1. The molecule has 0 aromatic rings. The van der Waals surface area contributed by atoms with Crippen molar-refractivity contribution in [1.82, 2.24) is 4.90 Å². The van der Waals surface area contributed by atoms with Crippen LogP contribution in [0.3, 0.4) is 0 Å². The fourth-order valence-electron chi connectivity index (χ4n) is 1.30. The van der Waals surface area contributed by atoms with Gasteiger partial charge in [0.25, 0.3) is 0 Å². The normalized spacial score (nSPS) is 22.8. The van der Waals surface area contributed by atoms with Gasteiger partial charge in [0.05, 0.1) is 6.54 Å². The molecular formula is C10H16FNO3. The van der Waals surface area contributed by atoms with Crippen LogP contribution in [0.5, 0.6) is 0 Å². The number of likely N-dealkylation sites (tertiary alicyclic amines) is 1. The number of imide groups is 1. The average Bonchev–Trinajstić information content (AvgIpc) is 2.06. The van der Waals surface area contributed by atoms with E-state index in [4.69, 9.17) is 4.74 Å². The molecule has 1 unspecified atom stereocenters. The van der Waals surface area contributed by atoms with Crippen LogP contribution in [0.15, 0.2) is 0 Å². The van der Waals surface area contributed by atoms with Crippen molar-refractivity contribution in [2.45, 2.75) is 45.4 Å². The van der Waals surface area contributed by atoms with Crippen LogP contribution in [-0.2, 0) is 9.53 Å². The molecule has 1 rings (SSSR count). The smallest absolute Gasteiger partial charge is 0.417 e. The third-order valence-corrected chi connectivity index (χ3v) is 1.97. The fourth-order valence-corrected chi connectivity index (χ4v) is 1.30. The number of ether oxygens (including phenoxy) is 1. The monoisotopic (exact) mass is 217 g/mol. The standard InChI is InChI=1S/C10H16FNO3/c1-10(2,3)15-9(14)12-6-7(11)4-5-8(12)13/h7H,4-6H2,1-3H3. The lowest BCUT2D eigenvalue weighted by molar-refractivity contribution is -0.134. The first-order valence-corrected chi connectivity index (χ1v) is 4.97. The second-order valence-electron chi connectivity index (χ2n) is 4.62. The molecule has 0 aromatic heterocycles. The van der Waals surface area contributed by atoms with Gasteiger partial charge in [-0.25, -0.2) is 14.1 Å². The summed E-state index contributed by atoms with van der Waals surface area (Å²) in [6, 6.07) is 0.